The molecule has 1 aliphatic heterocycles. The number of furan rings is 1. The number of ether oxygens (including phenoxy) is 1. The maximum atomic E-state index is 11.9. The van der Waals surface area contributed by atoms with Crippen LogP contribution in [0.3, 0.4) is 0 Å². The topological polar surface area (TPSA) is 59.8 Å². The zero-order valence-electron chi connectivity index (χ0n) is 9.21. The molecule has 0 unspecified atom stereocenters. The van der Waals surface area contributed by atoms with Crippen LogP contribution in [0.25, 0.3) is 6.08 Å². The lowest BCUT2D eigenvalue weighted by atomic mass is 10.3. The largest absolute Gasteiger partial charge is 0.465 e. The molecule has 1 aliphatic rings. The maximum absolute atomic E-state index is 11.9. The Labute approximate surface area is 102 Å². The van der Waals surface area contributed by atoms with Crippen LogP contribution in [-0.4, -0.2) is 36.3 Å². The van der Waals surface area contributed by atoms with Gasteiger partial charge in [0.25, 0.3) is 11.1 Å². The van der Waals surface area contributed by atoms with Gasteiger partial charge in [-0.2, -0.15) is 0 Å². The standard InChI is InChI=1S/C11H11NO4S/c1-15-6-4-12-10(13)9(17-11(12)14)7-8-3-2-5-16-8/h2-3,5,7H,4,6H2,1H3/b9-7-. The molecule has 0 N–H and O–H groups in total. The first-order chi connectivity index (χ1) is 8.22. The van der Waals surface area contributed by atoms with E-state index in [1.807, 2.05) is 0 Å². The Hall–Kier alpha value is -1.53. The number of hydrogen-bond acceptors (Lipinski definition) is 5. The van der Waals surface area contributed by atoms with Gasteiger partial charge in [0.1, 0.15) is 5.76 Å². The number of rotatable bonds is 4. The van der Waals surface area contributed by atoms with Gasteiger partial charge in [-0.25, -0.2) is 0 Å². The van der Waals surface area contributed by atoms with Crippen molar-refractivity contribution >= 4 is 29.0 Å². The Morgan fingerprint density at radius 2 is 2.35 bits per heavy atom. The van der Waals surface area contributed by atoms with Crippen LogP contribution in [0.4, 0.5) is 4.79 Å². The molecule has 0 atom stereocenters. The zero-order chi connectivity index (χ0) is 12.3. The SMILES string of the molecule is COCCN1C(=O)S/C(=C\c2ccco2)C1=O. The number of carbonyl (C=O) groups is 2. The second-order valence-electron chi connectivity index (χ2n) is 3.34. The van der Waals surface area contributed by atoms with Gasteiger partial charge in [0.15, 0.2) is 0 Å². The summed E-state index contributed by atoms with van der Waals surface area (Å²) in [5.74, 6) is 0.260. The van der Waals surface area contributed by atoms with Gasteiger partial charge >= 0.3 is 0 Å². The van der Waals surface area contributed by atoms with Crippen LogP contribution in [0.1, 0.15) is 5.76 Å². The first-order valence-electron chi connectivity index (χ1n) is 5.00. The molecule has 0 aromatic carbocycles. The summed E-state index contributed by atoms with van der Waals surface area (Å²) in [6.07, 6.45) is 3.08. The monoisotopic (exact) mass is 253 g/mol. The Bertz CT molecular complexity index is 452. The summed E-state index contributed by atoms with van der Waals surface area (Å²) >= 11 is 0.913. The van der Waals surface area contributed by atoms with E-state index in [1.165, 1.54) is 18.3 Å². The zero-order valence-corrected chi connectivity index (χ0v) is 10.0. The van der Waals surface area contributed by atoms with E-state index in [9.17, 15) is 9.59 Å². The fourth-order valence-corrected chi connectivity index (χ4v) is 2.22. The summed E-state index contributed by atoms with van der Waals surface area (Å²) in [4.78, 5) is 25.0. The van der Waals surface area contributed by atoms with Crippen molar-refractivity contribution in [2.75, 3.05) is 20.3 Å². The lowest BCUT2D eigenvalue weighted by molar-refractivity contribution is -0.123. The second-order valence-corrected chi connectivity index (χ2v) is 4.33. The molecular formula is C11H11NO4S. The van der Waals surface area contributed by atoms with Gasteiger partial charge in [-0.05, 0) is 23.9 Å². The predicted molar refractivity (Wildman–Crippen MR) is 63.3 cm³/mol. The molecule has 1 fully saturated rings. The molecule has 2 heterocycles. The molecule has 90 valence electrons. The van der Waals surface area contributed by atoms with Crippen molar-refractivity contribution in [2.45, 2.75) is 0 Å². The van der Waals surface area contributed by atoms with Crippen LogP contribution < -0.4 is 0 Å². The minimum Gasteiger partial charge on any atom is -0.465 e. The van der Waals surface area contributed by atoms with Gasteiger partial charge in [0.2, 0.25) is 0 Å². The minimum atomic E-state index is -0.298. The van der Waals surface area contributed by atoms with Crippen molar-refractivity contribution < 1.29 is 18.7 Å². The third kappa shape index (κ3) is 2.59. The summed E-state index contributed by atoms with van der Waals surface area (Å²) in [5, 5.41) is -0.273. The number of nitrogens with zero attached hydrogens (tertiary/aromatic N) is 1. The van der Waals surface area contributed by atoms with E-state index in [1.54, 1.807) is 18.2 Å². The number of thioether (sulfide) groups is 1. The molecule has 5 nitrogen and oxygen atoms in total. The number of carbonyl (C=O) groups excluding carboxylic acids is 2. The Morgan fingerprint density at radius 3 is 3.00 bits per heavy atom. The van der Waals surface area contributed by atoms with Gasteiger partial charge in [0.05, 0.1) is 24.3 Å². The van der Waals surface area contributed by atoms with Crippen LogP contribution in [0.15, 0.2) is 27.7 Å². The molecule has 2 rings (SSSR count). The lowest BCUT2D eigenvalue weighted by Gasteiger charge is -2.10. The summed E-state index contributed by atoms with van der Waals surface area (Å²) < 4.78 is 9.95. The maximum Gasteiger partial charge on any atom is 0.293 e. The summed E-state index contributed by atoms with van der Waals surface area (Å²) in [6, 6.07) is 3.45. The highest BCUT2D eigenvalue weighted by Gasteiger charge is 2.34. The summed E-state index contributed by atoms with van der Waals surface area (Å²) in [6.45, 7) is 0.614. The fraction of sp³-hybridized carbons (Fsp3) is 0.273. The predicted octanol–water partition coefficient (Wildman–Crippen LogP) is 1.96. The van der Waals surface area contributed by atoms with E-state index in [4.69, 9.17) is 9.15 Å². The number of imide groups is 1. The van der Waals surface area contributed by atoms with Gasteiger partial charge in [-0.1, -0.05) is 0 Å². The Balaban J connectivity index is 2.13. The fourth-order valence-electron chi connectivity index (χ4n) is 1.38. The van der Waals surface area contributed by atoms with Crippen molar-refractivity contribution in [2.24, 2.45) is 0 Å². The molecule has 1 aromatic rings. The van der Waals surface area contributed by atoms with E-state index < -0.39 is 0 Å². The Morgan fingerprint density at radius 1 is 1.53 bits per heavy atom. The van der Waals surface area contributed by atoms with Crippen LogP contribution >= 0.6 is 11.8 Å². The lowest BCUT2D eigenvalue weighted by Crippen LogP contribution is -2.31. The van der Waals surface area contributed by atoms with Gasteiger partial charge in [0, 0.05) is 13.2 Å². The number of hydrogen-bond donors (Lipinski definition) is 0. The highest BCUT2D eigenvalue weighted by Crippen LogP contribution is 2.31. The average molecular weight is 253 g/mol. The number of amides is 2. The normalized spacial score (nSPS) is 18.4. The average Bonchev–Trinajstić information content (AvgIpc) is 2.89. The molecule has 2 amide bonds. The van der Waals surface area contributed by atoms with Gasteiger partial charge in [-0.15, -0.1) is 0 Å². The van der Waals surface area contributed by atoms with Crippen LogP contribution in [-0.2, 0) is 9.53 Å². The third-order valence-corrected chi connectivity index (χ3v) is 3.12. The van der Waals surface area contributed by atoms with Crippen LogP contribution in [0.2, 0.25) is 0 Å². The van der Waals surface area contributed by atoms with Crippen molar-refractivity contribution in [1.29, 1.82) is 0 Å². The third-order valence-electron chi connectivity index (χ3n) is 2.21. The molecule has 17 heavy (non-hydrogen) atoms. The molecule has 1 aromatic heterocycles. The van der Waals surface area contributed by atoms with Crippen molar-refractivity contribution in [3.05, 3.63) is 29.1 Å². The first-order valence-corrected chi connectivity index (χ1v) is 5.82. The Kier molecular flexibility index (Phi) is 3.65. The molecule has 0 radical (unpaired) electrons. The molecule has 0 bridgehead atoms. The van der Waals surface area contributed by atoms with Crippen molar-refractivity contribution in [1.82, 2.24) is 4.90 Å². The van der Waals surface area contributed by atoms with Crippen LogP contribution in [0.5, 0.6) is 0 Å². The summed E-state index contributed by atoms with van der Waals surface area (Å²) in [7, 11) is 1.53. The molecule has 6 heteroatoms. The molecular weight excluding hydrogens is 242 g/mol. The van der Waals surface area contributed by atoms with E-state index in [0.29, 0.717) is 17.3 Å². The van der Waals surface area contributed by atoms with Gasteiger partial charge in [-0.3, -0.25) is 14.5 Å². The molecule has 1 saturated heterocycles. The van der Waals surface area contributed by atoms with Gasteiger partial charge < -0.3 is 9.15 Å². The quantitative estimate of drug-likeness (QED) is 0.768. The second kappa shape index (κ2) is 5.20. The minimum absolute atomic E-state index is 0.273. The molecule has 0 spiro atoms. The summed E-state index contributed by atoms with van der Waals surface area (Å²) in [5.41, 5.74) is 0. The van der Waals surface area contributed by atoms with E-state index >= 15 is 0 Å². The molecule has 0 aliphatic carbocycles. The highest BCUT2D eigenvalue weighted by molar-refractivity contribution is 8.18. The van der Waals surface area contributed by atoms with E-state index in [0.717, 1.165) is 11.8 Å². The van der Waals surface area contributed by atoms with Crippen molar-refractivity contribution in [3.8, 4) is 0 Å². The first kappa shape index (κ1) is 11.9. The highest BCUT2D eigenvalue weighted by atomic mass is 32.2. The van der Waals surface area contributed by atoms with E-state index in [-0.39, 0.29) is 17.7 Å². The number of methoxy groups -OCH3 is 1. The van der Waals surface area contributed by atoms with E-state index in [2.05, 4.69) is 0 Å². The van der Waals surface area contributed by atoms with Crippen LogP contribution in [0, 0.1) is 0 Å². The smallest absolute Gasteiger partial charge is 0.293 e. The van der Waals surface area contributed by atoms with Crippen molar-refractivity contribution in [3.63, 3.8) is 0 Å². The molecule has 0 saturated carbocycles.